The first kappa shape index (κ1) is 8.31. The van der Waals surface area contributed by atoms with Crippen LogP contribution in [0.1, 0.15) is 0 Å². The predicted octanol–water partition coefficient (Wildman–Crippen LogP) is 2.30. The lowest BCUT2D eigenvalue weighted by molar-refractivity contribution is 1.16. The third-order valence-corrected chi connectivity index (χ3v) is 2.23. The molecule has 64 valence electrons. The van der Waals surface area contributed by atoms with Crippen molar-refractivity contribution >= 4 is 15.9 Å². The summed E-state index contributed by atoms with van der Waals surface area (Å²) < 4.78 is 0.949. The number of rotatable bonds is 1. The zero-order valence-corrected chi connectivity index (χ0v) is 8.27. The number of aromatic nitrogens is 3. The average molecular weight is 236 g/mol. The highest BCUT2D eigenvalue weighted by atomic mass is 79.9. The lowest BCUT2D eigenvalue weighted by atomic mass is 10.2. The minimum absolute atomic E-state index is 0.864. The number of hydrogen-bond acceptors (Lipinski definition) is 3. The highest BCUT2D eigenvalue weighted by molar-refractivity contribution is 9.10. The van der Waals surface area contributed by atoms with Crippen LogP contribution in [0.2, 0.25) is 0 Å². The molecule has 0 N–H and O–H groups in total. The first-order chi connectivity index (χ1) is 6.38. The van der Waals surface area contributed by atoms with Gasteiger partial charge in [0.1, 0.15) is 6.33 Å². The number of nitrogens with zero attached hydrogens (tertiary/aromatic N) is 3. The first-order valence-corrected chi connectivity index (χ1v) is 4.53. The molecule has 0 amide bonds. The van der Waals surface area contributed by atoms with Gasteiger partial charge in [0.2, 0.25) is 0 Å². The smallest absolute Gasteiger partial charge is 0.115 e. The molecule has 0 fully saturated rings. The van der Waals surface area contributed by atoms with E-state index in [1.165, 1.54) is 6.33 Å². The summed E-state index contributed by atoms with van der Waals surface area (Å²) >= 11 is 3.41. The van der Waals surface area contributed by atoms with Gasteiger partial charge >= 0.3 is 0 Å². The molecule has 0 saturated carbocycles. The van der Waals surface area contributed by atoms with E-state index in [1.807, 2.05) is 12.1 Å². The second-order valence-corrected chi connectivity index (χ2v) is 3.32. The van der Waals surface area contributed by atoms with Gasteiger partial charge in [-0.05, 0) is 28.1 Å². The highest BCUT2D eigenvalue weighted by Crippen LogP contribution is 2.23. The van der Waals surface area contributed by atoms with E-state index in [4.69, 9.17) is 0 Å². The Labute approximate surface area is 84.0 Å². The molecule has 0 radical (unpaired) electrons. The maximum absolute atomic E-state index is 4.22. The average Bonchev–Trinajstić information content (AvgIpc) is 2.20. The fourth-order valence-corrected chi connectivity index (χ4v) is 1.50. The van der Waals surface area contributed by atoms with Crippen molar-refractivity contribution < 1.29 is 0 Å². The SMILES string of the molecule is Brc1cccnc1-c1cncnc1. The summed E-state index contributed by atoms with van der Waals surface area (Å²) in [5, 5.41) is 0. The van der Waals surface area contributed by atoms with Gasteiger partial charge in [-0.3, -0.25) is 4.98 Å². The zero-order chi connectivity index (χ0) is 9.10. The molecule has 4 heteroatoms. The fourth-order valence-electron chi connectivity index (χ4n) is 1.02. The quantitative estimate of drug-likeness (QED) is 0.762. The van der Waals surface area contributed by atoms with E-state index < -0.39 is 0 Å². The van der Waals surface area contributed by atoms with Crippen LogP contribution >= 0.6 is 15.9 Å². The summed E-state index contributed by atoms with van der Waals surface area (Å²) in [7, 11) is 0. The molecule has 0 spiro atoms. The van der Waals surface area contributed by atoms with Crippen LogP contribution in [-0.2, 0) is 0 Å². The third kappa shape index (κ3) is 1.72. The van der Waals surface area contributed by atoms with Gasteiger partial charge in [0.05, 0.1) is 5.69 Å². The lowest BCUT2D eigenvalue weighted by Crippen LogP contribution is -1.86. The summed E-state index contributed by atoms with van der Waals surface area (Å²) in [6, 6.07) is 3.81. The van der Waals surface area contributed by atoms with E-state index in [0.29, 0.717) is 0 Å². The standard InChI is InChI=1S/C9H6BrN3/c10-8-2-1-3-13-9(8)7-4-11-6-12-5-7/h1-6H. The van der Waals surface area contributed by atoms with Crippen LogP contribution in [0.4, 0.5) is 0 Å². The van der Waals surface area contributed by atoms with Crippen molar-refractivity contribution in [3.8, 4) is 11.3 Å². The minimum Gasteiger partial charge on any atom is -0.255 e. The van der Waals surface area contributed by atoms with Crippen molar-refractivity contribution in [1.82, 2.24) is 15.0 Å². The van der Waals surface area contributed by atoms with Gasteiger partial charge in [0.15, 0.2) is 0 Å². The Kier molecular flexibility index (Phi) is 2.31. The van der Waals surface area contributed by atoms with Crippen LogP contribution in [0.3, 0.4) is 0 Å². The monoisotopic (exact) mass is 235 g/mol. The minimum atomic E-state index is 0.864. The van der Waals surface area contributed by atoms with Crippen molar-refractivity contribution in [2.45, 2.75) is 0 Å². The molecule has 0 aliphatic heterocycles. The molecule has 0 unspecified atom stereocenters. The van der Waals surface area contributed by atoms with Gasteiger partial charge in [-0.1, -0.05) is 0 Å². The van der Waals surface area contributed by atoms with Crippen molar-refractivity contribution in [1.29, 1.82) is 0 Å². The normalized spacial score (nSPS) is 9.92. The van der Waals surface area contributed by atoms with Crippen LogP contribution in [0.15, 0.2) is 41.5 Å². The number of pyridine rings is 1. The third-order valence-electron chi connectivity index (χ3n) is 1.59. The summed E-state index contributed by atoms with van der Waals surface area (Å²) in [6.45, 7) is 0. The highest BCUT2D eigenvalue weighted by Gasteiger charge is 2.02. The van der Waals surface area contributed by atoms with Gasteiger partial charge in [-0.2, -0.15) is 0 Å². The van der Waals surface area contributed by atoms with E-state index in [9.17, 15) is 0 Å². The van der Waals surface area contributed by atoms with E-state index >= 15 is 0 Å². The molecule has 0 aromatic carbocycles. The van der Waals surface area contributed by atoms with E-state index in [1.54, 1.807) is 18.6 Å². The van der Waals surface area contributed by atoms with E-state index in [2.05, 4.69) is 30.9 Å². The molecule has 2 heterocycles. The predicted molar refractivity (Wildman–Crippen MR) is 53.0 cm³/mol. The van der Waals surface area contributed by atoms with Crippen LogP contribution < -0.4 is 0 Å². The first-order valence-electron chi connectivity index (χ1n) is 3.74. The molecule has 0 aliphatic carbocycles. The Morgan fingerprint density at radius 3 is 2.62 bits per heavy atom. The number of halogens is 1. The maximum Gasteiger partial charge on any atom is 0.115 e. The van der Waals surface area contributed by atoms with Crippen LogP contribution in [-0.4, -0.2) is 15.0 Å². The van der Waals surface area contributed by atoms with Crippen LogP contribution in [0.25, 0.3) is 11.3 Å². The summed E-state index contributed by atoms with van der Waals surface area (Å²) in [5.41, 5.74) is 1.78. The molecule has 2 rings (SSSR count). The molecule has 0 bridgehead atoms. The van der Waals surface area contributed by atoms with Crippen molar-refractivity contribution in [3.63, 3.8) is 0 Å². The van der Waals surface area contributed by atoms with Gasteiger partial charge in [0, 0.05) is 28.6 Å². The lowest BCUT2D eigenvalue weighted by Gasteiger charge is -2.00. The molecule has 3 nitrogen and oxygen atoms in total. The molecule has 2 aromatic heterocycles. The van der Waals surface area contributed by atoms with Crippen LogP contribution in [0.5, 0.6) is 0 Å². The molecular formula is C9H6BrN3. The van der Waals surface area contributed by atoms with Gasteiger partial charge in [-0.25, -0.2) is 9.97 Å². The Morgan fingerprint density at radius 2 is 1.92 bits per heavy atom. The molecular weight excluding hydrogens is 230 g/mol. The summed E-state index contributed by atoms with van der Waals surface area (Å²) in [6.07, 6.45) is 6.72. The van der Waals surface area contributed by atoms with Crippen molar-refractivity contribution in [2.75, 3.05) is 0 Å². The number of hydrogen-bond donors (Lipinski definition) is 0. The second-order valence-electron chi connectivity index (χ2n) is 2.46. The van der Waals surface area contributed by atoms with Crippen molar-refractivity contribution in [3.05, 3.63) is 41.5 Å². The summed E-state index contributed by atoms with van der Waals surface area (Å²) in [5.74, 6) is 0. The summed E-state index contributed by atoms with van der Waals surface area (Å²) in [4.78, 5) is 12.1. The molecule has 0 aliphatic rings. The van der Waals surface area contributed by atoms with Gasteiger partial charge in [-0.15, -0.1) is 0 Å². The van der Waals surface area contributed by atoms with E-state index in [-0.39, 0.29) is 0 Å². The van der Waals surface area contributed by atoms with Gasteiger partial charge in [0.25, 0.3) is 0 Å². The Hall–Kier alpha value is -1.29. The Bertz CT molecular complexity index is 403. The van der Waals surface area contributed by atoms with Crippen LogP contribution in [0, 0.1) is 0 Å². The Morgan fingerprint density at radius 1 is 1.15 bits per heavy atom. The second kappa shape index (κ2) is 3.62. The topological polar surface area (TPSA) is 38.7 Å². The fraction of sp³-hybridized carbons (Fsp3) is 0. The van der Waals surface area contributed by atoms with Crippen molar-refractivity contribution in [2.24, 2.45) is 0 Å². The molecule has 0 saturated heterocycles. The maximum atomic E-state index is 4.22. The molecule has 0 atom stereocenters. The van der Waals surface area contributed by atoms with Gasteiger partial charge < -0.3 is 0 Å². The van der Waals surface area contributed by atoms with E-state index in [0.717, 1.165) is 15.7 Å². The Balaban J connectivity index is 2.54. The zero-order valence-electron chi connectivity index (χ0n) is 6.68. The largest absolute Gasteiger partial charge is 0.255 e. The molecule has 13 heavy (non-hydrogen) atoms. The molecule has 2 aromatic rings.